The van der Waals surface area contributed by atoms with E-state index in [0.29, 0.717) is 0 Å². The highest BCUT2D eigenvalue weighted by Gasteiger charge is 1.54. The maximum absolute atomic E-state index is 7.91. The average Bonchev–Trinajstić information content (AvgIpc) is 1.41. The van der Waals surface area contributed by atoms with Crippen LogP contribution in [0.25, 0.3) is 0 Å². The number of aliphatic hydroxyl groups is 1. The Bertz CT molecular complexity index is 35.8. The van der Waals surface area contributed by atoms with Crippen LogP contribution < -0.4 is 0 Å². The summed E-state index contributed by atoms with van der Waals surface area (Å²) in [5.74, 6) is 0. The van der Waals surface area contributed by atoms with Crippen molar-refractivity contribution in [3.8, 4) is 0 Å². The molecule has 6 heavy (non-hydrogen) atoms. The molecule has 0 aromatic heterocycles. The van der Waals surface area contributed by atoms with Crippen molar-refractivity contribution >= 4 is 10.2 Å². The van der Waals surface area contributed by atoms with Gasteiger partial charge in [-0.05, 0) is 6.04 Å². The molecule has 2 nitrogen and oxygen atoms in total. The minimum atomic E-state index is 0. The number of rotatable bonds is 1. The van der Waals surface area contributed by atoms with E-state index in [9.17, 15) is 0 Å². The third-order valence-electron chi connectivity index (χ3n) is 0.341. The monoisotopic (exact) mass is 106 g/mol. The smallest absolute Gasteiger partial charge is 0.0748 e. The van der Waals surface area contributed by atoms with Crippen molar-refractivity contribution in [3.63, 3.8) is 0 Å². The molecule has 3 heteroatoms. The van der Waals surface area contributed by atoms with Gasteiger partial charge in [-0.3, -0.25) is 0 Å². The van der Waals surface area contributed by atoms with Crippen LogP contribution in [-0.2, 0) is 0 Å². The zero-order valence-electron chi connectivity index (χ0n) is 3.81. The summed E-state index contributed by atoms with van der Waals surface area (Å²) >= 11 is 0. The quantitative estimate of drug-likeness (QED) is 0.339. The molecule has 0 aromatic carbocycles. The van der Waals surface area contributed by atoms with E-state index < -0.39 is 0 Å². The van der Waals surface area contributed by atoms with Gasteiger partial charge < -0.3 is 10.6 Å². The molecule has 0 fully saturated rings. The van der Waals surface area contributed by atoms with Gasteiger partial charge in [-0.1, -0.05) is 6.08 Å². The summed E-state index contributed by atoms with van der Waals surface area (Å²) in [7, 11) is 1.15. The third kappa shape index (κ3) is 9.31. The number of aliphatic hydroxyl groups excluding tert-OH is 1. The number of hydrogen-bond donors (Lipinski definition) is 1. The molecule has 0 aliphatic rings. The maximum atomic E-state index is 7.91. The molecule has 0 saturated heterocycles. The van der Waals surface area contributed by atoms with E-state index >= 15 is 0 Å². The molecule has 0 bridgehead atoms. The summed E-state index contributed by atoms with van der Waals surface area (Å²) in [6, 6.07) is 1.05. The van der Waals surface area contributed by atoms with Crippen molar-refractivity contribution < 1.29 is 10.6 Å². The Hall–Kier alpha value is -0.283. The molecule has 38 valence electrons. The van der Waals surface area contributed by atoms with Gasteiger partial charge in [0, 0.05) is 10.2 Å². The second-order valence-electron chi connectivity index (χ2n) is 0.793. The zero-order chi connectivity index (χ0) is 4.12. The largest absolute Gasteiger partial charge is 0.516 e. The minimum Gasteiger partial charge on any atom is -0.516 e. The Morgan fingerprint density at radius 3 is 2.17 bits per heavy atom. The third-order valence-corrected chi connectivity index (χ3v) is 0.813. The molecule has 3 N–H and O–H groups in total. The normalized spacial score (nSPS) is 8.67. The van der Waals surface area contributed by atoms with Crippen molar-refractivity contribution in [2.24, 2.45) is 0 Å². The average molecular weight is 106 g/mol. The molecular formula is C3H10O2Si. The van der Waals surface area contributed by atoms with Crippen LogP contribution in [0.3, 0.4) is 0 Å². The lowest BCUT2D eigenvalue weighted by atomic mass is 10.7. The highest BCUT2D eigenvalue weighted by Crippen LogP contribution is 1.68. The lowest BCUT2D eigenvalue weighted by Crippen LogP contribution is -1.54. The highest BCUT2D eigenvalue weighted by molar-refractivity contribution is 6.09. The van der Waals surface area contributed by atoms with Gasteiger partial charge in [0.15, 0.2) is 0 Å². The number of allylic oxidation sites excluding steroid dienone is 1. The van der Waals surface area contributed by atoms with Gasteiger partial charge in [-0.25, -0.2) is 0 Å². The molecule has 0 aliphatic heterocycles. The Balaban J connectivity index is 0. The van der Waals surface area contributed by atoms with Gasteiger partial charge in [0.05, 0.1) is 6.26 Å². The molecule has 0 unspecified atom stereocenters. The fourth-order valence-corrected chi connectivity index (χ4v) is 0.316. The molecule has 0 radical (unpaired) electrons. The van der Waals surface area contributed by atoms with Crippen LogP contribution in [0.5, 0.6) is 0 Å². The van der Waals surface area contributed by atoms with Crippen LogP contribution in [0.1, 0.15) is 0 Å². The molecule has 0 saturated carbocycles. The summed E-state index contributed by atoms with van der Waals surface area (Å²) in [6.07, 6.45) is 2.83. The predicted octanol–water partition coefficient (Wildman–Crippen LogP) is -0.983. The SMILES string of the molecule is O.OC=CC[SiH3]. The van der Waals surface area contributed by atoms with Crippen LogP contribution in [0.15, 0.2) is 12.3 Å². The summed E-state index contributed by atoms with van der Waals surface area (Å²) in [5, 5.41) is 7.91. The second kappa shape index (κ2) is 8.83. The molecular weight excluding hydrogens is 96.1 g/mol. The van der Waals surface area contributed by atoms with Gasteiger partial charge in [0.1, 0.15) is 0 Å². The van der Waals surface area contributed by atoms with Crippen molar-refractivity contribution in [1.82, 2.24) is 0 Å². The first-order chi connectivity index (χ1) is 2.41. The Morgan fingerprint density at radius 1 is 1.67 bits per heavy atom. The van der Waals surface area contributed by atoms with Gasteiger partial charge in [0.25, 0.3) is 0 Å². The first-order valence-corrected chi connectivity index (χ1v) is 3.12. The zero-order valence-corrected chi connectivity index (χ0v) is 5.81. The van der Waals surface area contributed by atoms with Gasteiger partial charge in [-0.15, -0.1) is 0 Å². The number of hydrogen-bond acceptors (Lipinski definition) is 1. The van der Waals surface area contributed by atoms with E-state index in [2.05, 4.69) is 0 Å². The van der Waals surface area contributed by atoms with E-state index in [0.717, 1.165) is 22.5 Å². The van der Waals surface area contributed by atoms with E-state index in [1.807, 2.05) is 0 Å². The van der Waals surface area contributed by atoms with Gasteiger partial charge in [0.2, 0.25) is 0 Å². The van der Waals surface area contributed by atoms with E-state index in [4.69, 9.17) is 5.11 Å². The Morgan fingerprint density at radius 2 is 2.17 bits per heavy atom. The van der Waals surface area contributed by atoms with E-state index in [1.165, 1.54) is 0 Å². The molecule has 0 atom stereocenters. The standard InChI is InChI=1S/C3H8OSi.H2O/c4-2-1-3-5;/h1-2,4H,3H2,5H3;1H2. The Labute approximate surface area is 40.2 Å². The van der Waals surface area contributed by atoms with Crippen molar-refractivity contribution in [2.75, 3.05) is 0 Å². The summed E-state index contributed by atoms with van der Waals surface area (Å²) < 4.78 is 0. The molecule has 0 spiro atoms. The molecule has 0 amide bonds. The predicted molar refractivity (Wildman–Crippen MR) is 30.1 cm³/mol. The van der Waals surface area contributed by atoms with Gasteiger partial charge in [-0.2, -0.15) is 0 Å². The lowest BCUT2D eigenvalue weighted by Gasteiger charge is -1.65. The summed E-state index contributed by atoms with van der Waals surface area (Å²) in [4.78, 5) is 0. The first kappa shape index (κ1) is 9.21. The fourth-order valence-electron chi connectivity index (χ4n) is 0.105. The maximum Gasteiger partial charge on any atom is 0.0748 e. The van der Waals surface area contributed by atoms with Crippen molar-refractivity contribution in [1.29, 1.82) is 0 Å². The minimum absolute atomic E-state index is 0. The van der Waals surface area contributed by atoms with Gasteiger partial charge >= 0.3 is 0 Å². The first-order valence-electron chi connectivity index (χ1n) is 1.71. The van der Waals surface area contributed by atoms with Crippen LogP contribution in [0.4, 0.5) is 0 Å². The molecule has 0 heterocycles. The van der Waals surface area contributed by atoms with Crippen LogP contribution in [-0.4, -0.2) is 20.8 Å². The molecule has 0 aromatic rings. The van der Waals surface area contributed by atoms with Crippen LogP contribution >= 0.6 is 0 Å². The summed E-state index contributed by atoms with van der Waals surface area (Å²) in [5.41, 5.74) is 0. The summed E-state index contributed by atoms with van der Waals surface area (Å²) in [6.45, 7) is 0. The van der Waals surface area contributed by atoms with Crippen molar-refractivity contribution in [2.45, 2.75) is 6.04 Å². The van der Waals surface area contributed by atoms with Crippen LogP contribution in [0.2, 0.25) is 6.04 Å². The molecule has 0 aliphatic carbocycles. The van der Waals surface area contributed by atoms with E-state index in [-0.39, 0.29) is 5.48 Å². The molecule has 0 rings (SSSR count). The topological polar surface area (TPSA) is 51.7 Å². The lowest BCUT2D eigenvalue weighted by molar-refractivity contribution is 0.472. The van der Waals surface area contributed by atoms with Crippen LogP contribution in [0, 0.1) is 0 Å². The fraction of sp³-hybridized carbons (Fsp3) is 0.333. The van der Waals surface area contributed by atoms with E-state index in [1.54, 1.807) is 6.08 Å². The highest BCUT2D eigenvalue weighted by atomic mass is 28.1. The second-order valence-corrected chi connectivity index (χ2v) is 1.61. The Kier molecular flexibility index (Phi) is 13.5. The van der Waals surface area contributed by atoms with Crippen molar-refractivity contribution in [3.05, 3.63) is 12.3 Å².